The molecule has 1 aromatic rings. The summed E-state index contributed by atoms with van der Waals surface area (Å²) in [6, 6.07) is 0. The fourth-order valence-corrected chi connectivity index (χ4v) is 1.18. The molecular formula is C10H13F3N2O2. The van der Waals surface area contributed by atoms with Gasteiger partial charge in [0.15, 0.2) is 0 Å². The van der Waals surface area contributed by atoms with Gasteiger partial charge >= 0.3 is 6.18 Å². The molecule has 0 aliphatic carbocycles. The molecule has 1 heterocycles. The normalized spacial score (nSPS) is 11.9. The van der Waals surface area contributed by atoms with Gasteiger partial charge in [-0.2, -0.15) is 13.2 Å². The van der Waals surface area contributed by atoms with E-state index in [2.05, 4.69) is 15.0 Å². The molecule has 0 unspecified atom stereocenters. The van der Waals surface area contributed by atoms with Crippen LogP contribution in [0.5, 0.6) is 0 Å². The average Bonchev–Trinajstić information content (AvgIpc) is 2.64. The number of aromatic nitrogens is 1. The third kappa shape index (κ3) is 3.76. The predicted octanol–water partition coefficient (Wildman–Crippen LogP) is 2.47. The second-order valence-electron chi connectivity index (χ2n) is 4.00. The highest BCUT2D eigenvalue weighted by molar-refractivity contribution is 5.94. The van der Waals surface area contributed by atoms with Gasteiger partial charge in [-0.3, -0.25) is 4.79 Å². The van der Waals surface area contributed by atoms with E-state index in [1.807, 2.05) is 13.8 Å². The van der Waals surface area contributed by atoms with Crippen molar-refractivity contribution in [3.8, 4) is 0 Å². The SMILES string of the molecule is CC(C)CCNC(=O)c1cnoc1C(F)(F)F. The second-order valence-corrected chi connectivity index (χ2v) is 4.00. The van der Waals surface area contributed by atoms with Gasteiger partial charge in [-0.15, -0.1) is 0 Å². The topological polar surface area (TPSA) is 55.1 Å². The zero-order valence-electron chi connectivity index (χ0n) is 9.47. The van der Waals surface area contributed by atoms with E-state index in [4.69, 9.17) is 0 Å². The van der Waals surface area contributed by atoms with Crippen LogP contribution in [0.2, 0.25) is 0 Å². The van der Waals surface area contributed by atoms with Gasteiger partial charge in [0, 0.05) is 6.54 Å². The zero-order valence-corrected chi connectivity index (χ0v) is 9.47. The molecule has 7 heteroatoms. The van der Waals surface area contributed by atoms with Gasteiger partial charge < -0.3 is 9.84 Å². The van der Waals surface area contributed by atoms with Crippen LogP contribution in [-0.4, -0.2) is 17.6 Å². The predicted molar refractivity (Wildman–Crippen MR) is 53.3 cm³/mol. The summed E-state index contributed by atoms with van der Waals surface area (Å²) in [6.07, 6.45) is -3.24. The molecule has 0 spiro atoms. The molecule has 0 saturated carbocycles. The lowest BCUT2D eigenvalue weighted by Gasteiger charge is -2.07. The van der Waals surface area contributed by atoms with E-state index in [0.29, 0.717) is 18.9 Å². The van der Waals surface area contributed by atoms with Crippen LogP contribution in [0.4, 0.5) is 13.2 Å². The molecule has 1 amide bonds. The van der Waals surface area contributed by atoms with E-state index in [0.717, 1.165) is 6.20 Å². The van der Waals surface area contributed by atoms with E-state index >= 15 is 0 Å². The van der Waals surface area contributed by atoms with E-state index in [1.165, 1.54) is 0 Å². The van der Waals surface area contributed by atoms with Gasteiger partial charge in [-0.05, 0) is 12.3 Å². The maximum Gasteiger partial charge on any atom is 0.453 e. The van der Waals surface area contributed by atoms with Crippen molar-refractivity contribution in [1.29, 1.82) is 0 Å². The number of alkyl halides is 3. The Balaban J connectivity index is 2.67. The van der Waals surface area contributed by atoms with Crippen LogP contribution in [0.3, 0.4) is 0 Å². The lowest BCUT2D eigenvalue weighted by Crippen LogP contribution is -2.27. The summed E-state index contributed by atoms with van der Waals surface area (Å²) in [6.45, 7) is 4.22. The summed E-state index contributed by atoms with van der Waals surface area (Å²) in [4.78, 5) is 11.4. The highest BCUT2D eigenvalue weighted by atomic mass is 19.4. The summed E-state index contributed by atoms with van der Waals surface area (Å²) in [5, 5.41) is 5.39. The molecule has 0 aliphatic rings. The van der Waals surface area contributed by atoms with E-state index < -0.39 is 23.4 Å². The summed E-state index contributed by atoms with van der Waals surface area (Å²) < 4.78 is 41.2. The standard InChI is InChI=1S/C10H13F3N2O2/c1-6(2)3-4-14-9(16)7-5-15-17-8(7)10(11,12)13/h5-6H,3-4H2,1-2H3,(H,14,16). The van der Waals surface area contributed by atoms with E-state index in [-0.39, 0.29) is 0 Å². The number of carbonyl (C=O) groups excluding carboxylic acids is 1. The Labute approximate surface area is 96.2 Å². The van der Waals surface area contributed by atoms with Crippen LogP contribution in [0.15, 0.2) is 10.7 Å². The van der Waals surface area contributed by atoms with Gasteiger partial charge in [0.25, 0.3) is 11.7 Å². The van der Waals surface area contributed by atoms with Crippen molar-refractivity contribution >= 4 is 5.91 Å². The first kappa shape index (κ1) is 13.5. The molecule has 96 valence electrons. The molecule has 0 aromatic carbocycles. The number of hydrogen-bond donors (Lipinski definition) is 1. The first-order valence-corrected chi connectivity index (χ1v) is 5.12. The van der Waals surface area contributed by atoms with Crippen molar-refractivity contribution in [2.45, 2.75) is 26.4 Å². The van der Waals surface area contributed by atoms with Crippen molar-refractivity contribution in [3.05, 3.63) is 17.5 Å². The molecular weight excluding hydrogens is 237 g/mol. The number of hydrogen-bond acceptors (Lipinski definition) is 3. The Bertz CT molecular complexity index is 385. The molecule has 0 fully saturated rings. The van der Waals surface area contributed by atoms with E-state index in [9.17, 15) is 18.0 Å². The first-order chi connectivity index (χ1) is 7.82. The Morgan fingerprint density at radius 2 is 2.18 bits per heavy atom. The number of halogens is 3. The minimum atomic E-state index is -4.71. The quantitative estimate of drug-likeness (QED) is 0.893. The van der Waals surface area contributed by atoms with Crippen LogP contribution in [0, 0.1) is 5.92 Å². The Kier molecular flexibility index (Phi) is 4.14. The maximum atomic E-state index is 12.4. The number of nitrogens with zero attached hydrogens (tertiary/aromatic N) is 1. The third-order valence-corrected chi connectivity index (χ3v) is 2.08. The Morgan fingerprint density at radius 3 is 2.71 bits per heavy atom. The van der Waals surface area contributed by atoms with Gasteiger partial charge in [0.1, 0.15) is 5.56 Å². The lowest BCUT2D eigenvalue weighted by atomic mass is 10.1. The average molecular weight is 250 g/mol. The van der Waals surface area contributed by atoms with Crippen LogP contribution in [-0.2, 0) is 6.18 Å². The van der Waals surface area contributed by atoms with Gasteiger partial charge in [-0.25, -0.2) is 0 Å². The fourth-order valence-electron chi connectivity index (χ4n) is 1.18. The molecule has 0 saturated heterocycles. The number of rotatable bonds is 4. The fraction of sp³-hybridized carbons (Fsp3) is 0.600. The first-order valence-electron chi connectivity index (χ1n) is 5.12. The van der Waals surface area contributed by atoms with E-state index in [1.54, 1.807) is 0 Å². The van der Waals surface area contributed by atoms with Crippen molar-refractivity contribution in [1.82, 2.24) is 10.5 Å². The maximum absolute atomic E-state index is 12.4. The van der Waals surface area contributed by atoms with Crippen molar-refractivity contribution < 1.29 is 22.5 Å². The molecule has 4 nitrogen and oxygen atoms in total. The van der Waals surface area contributed by atoms with Crippen molar-refractivity contribution in [2.75, 3.05) is 6.54 Å². The highest BCUT2D eigenvalue weighted by Gasteiger charge is 2.40. The lowest BCUT2D eigenvalue weighted by molar-refractivity contribution is -0.155. The molecule has 0 aliphatic heterocycles. The van der Waals surface area contributed by atoms with Crippen LogP contribution in [0.1, 0.15) is 36.4 Å². The minimum Gasteiger partial charge on any atom is -0.352 e. The smallest absolute Gasteiger partial charge is 0.352 e. The van der Waals surface area contributed by atoms with Gasteiger partial charge in [-0.1, -0.05) is 19.0 Å². The molecule has 0 bridgehead atoms. The molecule has 0 radical (unpaired) electrons. The molecule has 1 N–H and O–H groups in total. The molecule has 17 heavy (non-hydrogen) atoms. The third-order valence-electron chi connectivity index (χ3n) is 2.08. The molecule has 0 atom stereocenters. The number of amides is 1. The van der Waals surface area contributed by atoms with Crippen molar-refractivity contribution in [2.24, 2.45) is 5.92 Å². The van der Waals surface area contributed by atoms with Gasteiger partial charge in [0.05, 0.1) is 6.20 Å². The van der Waals surface area contributed by atoms with Crippen molar-refractivity contribution in [3.63, 3.8) is 0 Å². The molecule has 1 aromatic heterocycles. The summed E-state index contributed by atoms with van der Waals surface area (Å²) in [5.74, 6) is -1.82. The largest absolute Gasteiger partial charge is 0.453 e. The Morgan fingerprint density at radius 1 is 1.53 bits per heavy atom. The number of carbonyl (C=O) groups is 1. The summed E-state index contributed by atoms with van der Waals surface area (Å²) in [7, 11) is 0. The highest BCUT2D eigenvalue weighted by Crippen LogP contribution is 2.31. The monoisotopic (exact) mass is 250 g/mol. The Hall–Kier alpha value is -1.53. The summed E-state index contributed by atoms with van der Waals surface area (Å²) in [5.41, 5.74) is -0.582. The van der Waals surface area contributed by atoms with Crippen LogP contribution >= 0.6 is 0 Å². The summed E-state index contributed by atoms with van der Waals surface area (Å²) >= 11 is 0. The zero-order chi connectivity index (χ0) is 13.1. The number of nitrogens with one attached hydrogen (secondary N) is 1. The minimum absolute atomic E-state index is 0.318. The molecule has 1 rings (SSSR count). The van der Waals surface area contributed by atoms with Gasteiger partial charge in [0.2, 0.25) is 0 Å². The second kappa shape index (κ2) is 5.20. The van der Waals surface area contributed by atoms with Crippen LogP contribution in [0.25, 0.3) is 0 Å². The van der Waals surface area contributed by atoms with Crippen LogP contribution < -0.4 is 5.32 Å².